The highest BCUT2D eigenvalue weighted by Crippen LogP contribution is 2.34. The molecule has 2 heterocycles. The summed E-state index contributed by atoms with van der Waals surface area (Å²) < 4.78 is 43.9. The average molecular weight is 451 g/mol. The zero-order chi connectivity index (χ0) is 23.3. The first-order valence-corrected chi connectivity index (χ1v) is 9.70. The number of ether oxygens (including phenoxy) is 1. The van der Waals surface area contributed by atoms with Gasteiger partial charge in [-0.25, -0.2) is 4.79 Å². The molecule has 32 heavy (non-hydrogen) atoms. The van der Waals surface area contributed by atoms with Crippen molar-refractivity contribution in [1.82, 2.24) is 21.0 Å². The topological polar surface area (TPSA) is 114 Å². The van der Waals surface area contributed by atoms with E-state index in [0.717, 1.165) is 6.07 Å². The van der Waals surface area contributed by atoms with Gasteiger partial charge in [0.2, 0.25) is 0 Å². The van der Waals surface area contributed by atoms with E-state index in [1.165, 1.54) is 31.2 Å². The molecule has 9 nitrogen and oxygen atoms in total. The second kappa shape index (κ2) is 9.62. The summed E-state index contributed by atoms with van der Waals surface area (Å²) in [6, 6.07) is 8.44. The Morgan fingerprint density at radius 3 is 2.44 bits per heavy atom. The summed E-state index contributed by atoms with van der Waals surface area (Å²) >= 11 is 0. The van der Waals surface area contributed by atoms with Crippen molar-refractivity contribution in [2.24, 2.45) is 5.92 Å². The van der Waals surface area contributed by atoms with Gasteiger partial charge >= 0.3 is 18.1 Å². The van der Waals surface area contributed by atoms with Gasteiger partial charge in [-0.1, -0.05) is 18.2 Å². The van der Waals surface area contributed by atoms with Crippen LogP contribution in [0, 0.1) is 5.92 Å². The van der Waals surface area contributed by atoms with Crippen molar-refractivity contribution >= 4 is 23.6 Å². The molecule has 1 saturated heterocycles. The Balaban J connectivity index is 1.50. The zero-order valence-corrected chi connectivity index (χ0v) is 17.0. The molecule has 0 radical (unpaired) electrons. The minimum Gasteiger partial charge on any atom is -0.459 e. The van der Waals surface area contributed by atoms with Crippen molar-refractivity contribution in [2.45, 2.75) is 19.5 Å². The predicted octanol–water partition coefficient (Wildman–Crippen LogP) is 1.50. The maximum atomic E-state index is 13.1. The maximum absolute atomic E-state index is 13.1. The number of halogens is 3. The highest BCUT2D eigenvalue weighted by Gasteiger charge is 2.35. The van der Waals surface area contributed by atoms with Crippen LogP contribution in [-0.4, -0.2) is 47.7 Å². The molecule has 12 heteroatoms. The van der Waals surface area contributed by atoms with Crippen molar-refractivity contribution in [2.75, 3.05) is 24.6 Å². The average Bonchev–Trinajstić information content (AvgIpc) is 2.74. The fourth-order valence-corrected chi connectivity index (χ4v) is 3.21. The summed E-state index contributed by atoms with van der Waals surface area (Å²) in [7, 11) is 0. The summed E-state index contributed by atoms with van der Waals surface area (Å²) in [5.74, 6) is -2.56. The van der Waals surface area contributed by atoms with E-state index in [9.17, 15) is 27.6 Å². The Bertz CT molecular complexity index is 991. The molecule has 1 aromatic heterocycles. The Labute approximate surface area is 180 Å². The van der Waals surface area contributed by atoms with E-state index in [0.29, 0.717) is 25.3 Å². The molecule has 1 aliphatic heterocycles. The molecule has 2 N–H and O–H groups in total. The summed E-state index contributed by atoms with van der Waals surface area (Å²) in [6.45, 7) is 2.55. The molecule has 0 spiro atoms. The zero-order valence-electron chi connectivity index (χ0n) is 17.0. The number of carbonyl (C=O) groups is 3. The van der Waals surface area contributed by atoms with Gasteiger partial charge in [0, 0.05) is 13.1 Å². The summed E-state index contributed by atoms with van der Waals surface area (Å²) in [5.41, 5.74) is 3.45. The number of nitrogens with one attached hydrogen (secondary N) is 2. The molecule has 0 saturated carbocycles. The second-order valence-corrected chi connectivity index (χ2v) is 7.04. The minimum absolute atomic E-state index is 0.0132. The molecule has 2 amide bonds. The van der Waals surface area contributed by atoms with Gasteiger partial charge in [0.25, 0.3) is 5.91 Å². The standard InChI is InChI=1S/C20H20F3N5O4/c1-2-32-19(31)18(30)27-26-17(29)15-7-8-16(25-24-15)28-10-12(11-28)9-13-5-3-4-6-14(13)20(21,22)23/h3-8,12H,2,9-11H2,1H3,(H,26,29)(H,27,30). The fourth-order valence-electron chi connectivity index (χ4n) is 3.21. The quantitative estimate of drug-likeness (QED) is 0.402. The number of anilines is 1. The van der Waals surface area contributed by atoms with Crippen LogP contribution in [0.5, 0.6) is 0 Å². The molecule has 0 bridgehead atoms. The largest absolute Gasteiger partial charge is 0.459 e. The first-order valence-electron chi connectivity index (χ1n) is 9.70. The van der Waals surface area contributed by atoms with Crippen molar-refractivity contribution in [3.05, 3.63) is 53.2 Å². The number of aromatic nitrogens is 2. The van der Waals surface area contributed by atoms with Gasteiger partial charge in [-0.05, 0) is 43.0 Å². The number of benzene rings is 1. The molecule has 0 atom stereocenters. The van der Waals surface area contributed by atoms with E-state index < -0.39 is 29.5 Å². The highest BCUT2D eigenvalue weighted by atomic mass is 19.4. The SMILES string of the molecule is CCOC(=O)C(=O)NNC(=O)c1ccc(N2CC(Cc3ccccc3C(F)(F)F)C2)nn1. The Morgan fingerprint density at radius 2 is 1.81 bits per heavy atom. The van der Waals surface area contributed by atoms with Crippen LogP contribution in [0.25, 0.3) is 0 Å². The number of rotatable bonds is 5. The van der Waals surface area contributed by atoms with Gasteiger partial charge in [0.05, 0.1) is 12.2 Å². The van der Waals surface area contributed by atoms with Crippen molar-refractivity contribution in [1.29, 1.82) is 0 Å². The normalized spacial score (nSPS) is 13.8. The van der Waals surface area contributed by atoms with Gasteiger partial charge in [-0.2, -0.15) is 13.2 Å². The summed E-state index contributed by atoms with van der Waals surface area (Å²) in [6.07, 6.45) is -4.10. The lowest BCUT2D eigenvalue weighted by molar-refractivity contribution is -0.154. The molecular weight excluding hydrogens is 431 g/mol. The molecule has 0 unspecified atom stereocenters. The van der Waals surface area contributed by atoms with E-state index >= 15 is 0 Å². The monoisotopic (exact) mass is 451 g/mol. The molecule has 1 aromatic carbocycles. The summed E-state index contributed by atoms with van der Waals surface area (Å²) in [4.78, 5) is 36.4. The molecule has 1 aliphatic rings. The van der Waals surface area contributed by atoms with Crippen molar-refractivity contribution in [3.8, 4) is 0 Å². The van der Waals surface area contributed by atoms with Crippen LogP contribution in [0.3, 0.4) is 0 Å². The van der Waals surface area contributed by atoms with E-state index in [1.807, 2.05) is 15.8 Å². The number of hydrogen-bond donors (Lipinski definition) is 2. The Kier molecular flexibility index (Phi) is 6.91. The number of hydrogen-bond acceptors (Lipinski definition) is 7. The molecule has 1 fully saturated rings. The summed E-state index contributed by atoms with van der Waals surface area (Å²) in [5, 5.41) is 7.72. The lowest BCUT2D eigenvalue weighted by Crippen LogP contribution is -2.48. The fraction of sp³-hybridized carbons (Fsp3) is 0.350. The van der Waals surface area contributed by atoms with Gasteiger partial charge < -0.3 is 9.64 Å². The third kappa shape index (κ3) is 5.50. The van der Waals surface area contributed by atoms with E-state index in [4.69, 9.17) is 0 Å². The van der Waals surface area contributed by atoms with Gasteiger partial charge in [-0.15, -0.1) is 10.2 Å². The molecule has 0 aliphatic carbocycles. The van der Waals surface area contributed by atoms with Crippen LogP contribution >= 0.6 is 0 Å². The third-order valence-corrected chi connectivity index (χ3v) is 4.75. The molecule has 3 rings (SSSR count). The number of amides is 2. The number of esters is 1. The minimum atomic E-state index is -4.39. The van der Waals surface area contributed by atoms with E-state index in [1.54, 1.807) is 6.07 Å². The van der Waals surface area contributed by atoms with Crippen LogP contribution < -0.4 is 15.8 Å². The van der Waals surface area contributed by atoms with Crippen LogP contribution in [0.4, 0.5) is 19.0 Å². The van der Waals surface area contributed by atoms with Crippen LogP contribution in [0.1, 0.15) is 28.5 Å². The lowest BCUT2D eigenvalue weighted by atomic mass is 9.90. The maximum Gasteiger partial charge on any atom is 0.416 e. The highest BCUT2D eigenvalue weighted by molar-refractivity contribution is 6.32. The van der Waals surface area contributed by atoms with E-state index in [-0.39, 0.29) is 23.8 Å². The number of alkyl halides is 3. The Morgan fingerprint density at radius 1 is 1.09 bits per heavy atom. The number of nitrogens with zero attached hydrogens (tertiary/aromatic N) is 3. The van der Waals surface area contributed by atoms with Crippen LogP contribution in [-0.2, 0) is 26.9 Å². The molecule has 170 valence electrons. The van der Waals surface area contributed by atoms with Gasteiger partial charge in [0.1, 0.15) is 0 Å². The van der Waals surface area contributed by atoms with Crippen LogP contribution in [0.15, 0.2) is 36.4 Å². The molecule has 2 aromatic rings. The second-order valence-electron chi connectivity index (χ2n) is 7.04. The number of hydrazine groups is 1. The van der Waals surface area contributed by atoms with Gasteiger partial charge in [0.15, 0.2) is 11.5 Å². The van der Waals surface area contributed by atoms with Gasteiger partial charge in [-0.3, -0.25) is 20.4 Å². The number of carbonyl (C=O) groups excluding carboxylic acids is 3. The smallest absolute Gasteiger partial charge is 0.416 e. The van der Waals surface area contributed by atoms with Crippen LogP contribution in [0.2, 0.25) is 0 Å². The lowest BCUT2D eigenvalue weighted by Gasteiger charge is -2.40. The van der Waals surface area contributed by atoms with Crippen molar-refractivity contribution in [3.63, 3.8) is 0 Å². The molecular formula is C20H20F3N5O4. The van der Waals surface area contributed by atoms with E-state index in [2.05, 4.69) is 14.9 Å². The first-order chi connectivity index (χ1) is 15.2. The van der Waals surface area contributed by atoms with Crippen molar-refractivity contribution < 1.29 is 32.3 Å². The first kappa shape index (κ1) is 23.0. The Hall–Kier alpha value is -3.70. The predicted molar refractivity (Wildman–Crippen MR) is 105 cm³/mol. The third-order valence-electron chi connectivity index (χ3n) is 4.75.